The monoisotopic (exact) mass is 284 g/mol. The first kappa shape index (κ1) is 15.0. The summed E-state index contributed by atoms with van der Waals surface area (Å²) in [6.45, 7) is 1.47. The van der Waals surface area contributed by atoms with Crippen LogP contribution in [0.4, 0.5) is 11.4 Å². The summed E-state index contributed by atoms with van der Waals surface area (Å²) in [4.78, 5) is 18.0. The third kappa shape index (κ3) is 4.89. The summed E-state index contributed by atoms with van der Waals surface area (Å²) < 4.78 is 0. The second kappa shape index (κ2) is 7.40. The number of nitrogens with one attached hydrogen (secondary N) is 2. The molecule has 5 nitrogen and oxygen atoms in total. The van der Waals surface area contributed by atoms with Gasteiger partial charge in [0.25, 0.3) is 5.91 Å². The highest BCUT2D eigenvalue weighted by Crippen LogP contribution is 2.15. The largest absolute Gasteiger partial charge is 0.354 e. The molecule has 2 N–H and O–H groups in total. The number of pyridine rings is 1. The molecule has 0 saturated heterocycles. The Labute approximate surface area is 125 Å². The molecular weight excluding hydrogens is 264 g/mol. The number of hydrogen-bond donors (Lipinski definition) is 2. The fourth-order valence-electron chi connectivity index (χ4n) is 1.80. The Hall–Kier alpha value is -2.40. The van der Waals surface area contributed by atoms with Crippen LogP contribution in [0.25, 0.3) is 0 Å². The molecule has 0 unspecified atom stereocenters. The zero-order valence-electron chi connectivity index (χ0n) is 12.3. The van der Waals surface area contributed by atoms with Crippen LogP contribution in [0.5, 0.6) is 0 Å². The molecule has 0 atom stereocenters. The second-order valence-corrected chi connectivity index (χ2v) is 5.00. The second-order valence-electron chi connectivity index (χ2n) is 5.00. The molecule has 0 radical (unpaired) electrons. The number of carbonyl (C=O) groups is 1. The Bertz CT molecular complexity index is 567. The molecule has 0 saturated carbocycles. The van der Waals surface area contributed by atoms with Gasteiger partial charge in [0.05, 0.1) is 11.9 Å². The van der Waals surface area contributed by atoms with E-state index in [-0.39, 0.29) is 5.91 Å². The summed E-state index contributed by atoms with van der Waals surface area (Å²) >= 11 is 0. The van der Waals surface area contributed by atoms with Crippen LogP contribution in [-0.2, 0) is 0 Å². The highest BCUT2D eigenvalue weighted by molar-refractivity contribution is 5.94. The molecule has 1 aromatic heterocycles. The first-order valence-corrected chi connectivity index (χ1v) is 6.85. The van der Waals surface area contributed by atoms with Crippen molar-refractivity contribution >= 4 is 17.3 Å². The van der Waals surface area contributed by atoms with Gasteiger partial charge in [-0.15, -0.1) is 0 Å². The zero-order valence-corrected chi connectivity index (χ0v) is 12.3. The standard InChI is InChI=1S/C16H20N4O/c1-20(2)11-10-18-16(21)13-5-7-14(8-6-13)19-15-4-3-9-17-12-15/h3-9,12,19H,10-11H2,1-2H3,(H,18,21). The normalized spacial score (nSPS) is 10.4. The van der Waals surface area contributed by atoms with Crippen molar-refractivity contribution in [1.82, 2.24) is 15.2 Å². The summed E-state index contributed by atoms with van der Waals surface area (Å²) in [7, 11) is 3.95. The van der Waals surface area contributed by atoms with Crippen LogP contribution >= 0.6 is 0 Å². The molecule has 110 valence electrons. The van der Waals surface area contributed by atoms with E-state index in [0.717, 1.165) is 17.9 Å². The first-order chi connectivity index (χ1) is 10.1. The van der Waals surface area contributed by atoms with E-state index in [1.54, 1.807) is 12.4 Å². The van der Waals surface area contributed by atoms with Crippen LogP contribution in [0.2, 0.25) is 0 Å². The first-order valence-electron chi connectivity index (χ1n) is 6.85. The molecule has 1 aromatic carbocycles. The number of aromatic nitrogens is 1. The quantitative estimate of drug-likeness (QED) is 0.853. The van der Waals surface area contributed by atoms with E-state index in [0.29, 0.717) is 12.1 Å². The lowest BCUT2D eigenvalue weighted by molar-refractivity contribution is 0.0951. The van der Waals surface area contributed by atoms with Gasteiger partial charge in [0.1, 0.15) is 0 Å². The van der Waals surface area contributed by atoms with Gasteiger partial charge in [0, 0.05) is 30.5 Å². The molecule has 0 spiro atoms. The maximum atomic E-state index is 11.9. The van der Waals surface area contributed by atoms with E-state index >= 15 is 0 Å². The van der Waals surface area contributed by atoms with E-state index < -0.39 is 0 Å². The lowest BCUT2D eigenvalue weighted by Gasteiger charge is -2.11. The van der Waals surface area contributed by atoms with Gasteiger partial charge in [0.15, 0.2) is 0 Å². The molecule has 0 fully saturated rings. The Morgan fingerprint density at radius 2 is 1.90 bits per heavy atom. The number of anilines is 2. The fraction of sp³-hybridized carbons (Fsp3) is 0.250. The van der Waals surface area contributed by atoms with Crippen LogP contribution in [-0.4, -0.2) is 43.0 Å². The van der Waals surface area contributed by atoms with E-state index in [1.807, 2.05) is 55.4 Å². The van der Waals surface area contributed by atoms with E-state index in [4.69, 9.17) is 0 Å². The molecule has 0 aliphatic rings. The molecule has 5 heteroatoms. The van der Waals surface area contributed by atoms with Crippen LogP contribution < -0.4 is 10.6 Å². The lowest BCUT2D eigenvalue weighted by atomic mass is 10.2. The van der Waals surface area contributed by atoms with E-state index in [9.17, 15) is 4.79 Å². The maximum absolute atomic E-state index is 11.9. The minimum Gasteiger partial charge on any atom is -0.354 e. The SMILES string of the molecule is CN(C)CCNC(=O)c1ccc(Nc2cccnc2)cc1. The smallest absolute Gasteiger partial charge is 0.251 e. The Kier molecular flexibility index (Phi) is 5.29. The van der Waals surface area contributed by atoms with Crippen molar-refractivity contribution in [2.45, 2.75) is 0 Å². The average molecular weight is 284 g/mol. The molecule has 21 heavy (non-hydrogen) atoms. The predicted octanol–water partition coefficient (Wildman–Crippen LogP) is 2.12. The van der Waals surface area contributed by atoms with Gasteiger partial charge in [-0.05, 0) is 50.5 Å². The van der Waals surface area contributed by atoms with Gasteiger partial charge in [-0.3, -0.25) is 9.78 Å². The van der Waals surface area contributed by atoms with Gasteiger partial charge in [-0.2, -0.15) is 0 Å². The number of amides is 1. The number of hydrogen-bond acceptors (Lipinski definition) is 4. The van der Waals surface area contributed by atoms with Crippen LogP contribution in [0.1, 0.15) is 10.4 Å². The van der Waals surface area contributed by atoms with Crippen molar-refractivity contribution in [3.8, 4) is 0 Å². The minimum absolute atomic E-state index is 0.0511. The maximum Gasteiger partial charge on any atom is 0.251 e. The van der Waals surface area contributed by atoms with Gasteiger partial charge < -0.3 is 15.5 Å². The van der Waals surface area contributed by atoms with Crippen molar-refractivity contribution in [2.75, 3.05) is 32.5 Å². The van der Waals surface area contributed by atoms with Crippen LogP contribution in [0.3, 0.4) is 0 Å². The summed E-state index contributed by atoms with van der Waals surface area (Å²) in [5, 5.41) is 6.12. The van der Waals surface area contributed by atoms with Gasteiger partial charge in [0.2, 0.25) is 0 Å². The topological polar surface area (TPSA) is 57.3 Å². The van der Waals surface area contributed by atoms with Crippen LogP contribution in [0, 0.1) is 0 Å². The third-order valence-electron chi connectivity index (χ3n) is 2.94. The Balaban J connectivity index is 1.91. The van der Waals surface area contributed by atoms with Gasteiger partial charge in [-0.25, -0.2) is 0 Å². The van der Waals surface area contributed by atoms with Gasteiger partial charge in [-0.1, -0.05) is 0 Å². The highest BCUT2D eigenvalue weighted by atomic mass is 16.1. The predicted molar refractivity (Wildman–Crippen MR) is 84.8 cm³/mol. The molecule has 1 amide bonds. The number of carbonyl (C=O) groups excluding carboxylic acids is 1. The van der Waals surface area contributed by atoms with Crippen LogP contribution in [0.15, 0.2) is 48.8 Å². The number of likely N-dealkylation sites (N-methyl/N-ethyl adjacent to an activating group) is 1. The Morgan fingerprint density at radius 3 is 2.52 bits per heavy atom. The molecule has 0 bridgehead atoms. The molecule has 0 aliphatic heterocycles. The molecule has 2 aromatic rings. The average Bonchev–Trinajstić information content (AvgIpc) is 2.48. The highest BCUT2D eigenvalue weighted by Gasteiger charge is 2.04. The third-order valence-corrected chi connectivity index (χ3v) is 2.94. The van der Waals surface area contributed by atoms with E-state index in [2.05, 4.69) is 15.6 Å². The van der Waals surface area contributed by atoms with Crippen molar-refractivity contribution in [3.63, 3.8) is 0 Å². The van der Waals surface area contributed by atoms with E-state index in [1.165, 1.54) is 0 Å². The summed E-state index contributed by atoms with van der Waals surface area (Å²) in [5.41, 5.74) is 2.50. The lowest BCUT2D eigenvalue weighted by Crippen LogP contribution is -2.31. The van der Waals surface area contributed by atoms with Crippen molar-refractivity contribution in [2.24, 2.45) is 0 Å². The van der Waals surface area contributed by atoms with Gasteiger partial charge >= 0.3 is 0 Å². The van der Waals surface area contributed by atoms with Crippen molar-refractivity contribution in [1.29, 1.82) is 0 Å². The Morgan fingerprint density at radius 1 is 1.14 bits per heavy atom. The zero-order chi connectivity index (χ0) is 15.1. The van der Waals surface area contributed by atoms with Crippen molar-refractivity contribution in [3.05, 3.63) is 54.4 Å². The fourth-order valence-corrected chi connectivity index (χ4v) is 1.80. The number of benzene rings is 1. The summed E-state index contributed by atoms with van der Waals surface area (Å²) in [6.07, 6.45) is 3.48. The van der Waals surface area contributed by atoms with Crippen molar-refractivity contribution < 1.29 is 4.79 Å². The summed E-state index contributed by atoms with van der Waals surface area (Å²) in [6, 6.07) is 11.2. The molecular formula is C16H20N4O. The number of nitrogens with zero attached hydrogens (tertiary/aromatic N) is 2. The number of rotatable bonds is 6. The minimum atomic E-state index is -0.0511. The molecule has 2 rings (SSSR count). The molecule has 1 heterocycles. The summed E-state index contributed by atoms with van der Waals surface area (Å²) in [5.74, 6) is -0.0511. The molecule has 0 aliphatic carbocycles.